The smallest absolute Gasteiger partial charge is 0.345 e. The van der Waals surface area contributed by atoms with E-state index in [1.54, 1.807) is 54.6 Å². The Kier molecular flexibility index (Phi) is 8.64. The van der Waals surface area contributed by atoms with Gasteiger partial charge in [0.15, 0.2) is 6.10 Å². The molecule has 37 heavy (non-hydrogen) atoms. The lowest BCUT2D eigenvalue weighted by Crippen LogP contribution is -2.43. The van der Waals surface area contributed by atoms with E-state index < -0.39 is 16.9 Å². The third-order valence-electron chi connectivity index (χ3n) is 5.93. The second kappa shape index (κ2) is 12.3. The van der Waals surface area contributed by atoms with E-state index in [2.05, 4.69) is 5.32 Å². The second-order valence-electron chi connectivity index (χ2n) is 8.64. The highest BCUT2D eigenvalue weighted by Crippen LogP contribution is 2.31. The quantitative estimate of drug-likeness (QED) is 0.267. The molecule has 0 aromatic heterocycles. The Labute approximate surface area is 221 Å². The second-order valence-corrected chi connectivity index (χ2v) is 9.31. The first-order valence-corrected chi connectivity index (χ1v) is 12.4. The van der Waals surface area contributed by atoms with Crippen LogP contribution in [0.5, 0.6) is 11.5 Å². The Bertz CT molecular complexity index is 1260. The number of carbonyl (C=O) groups is 2. The van der Waals surface area contributed by atoms with Crippen LogP contribution in [-0.4, -0.2) is 41.1 Å². The topological polar surface area (TPSA) is 84.9 Å². The Hall–Kier alpha value is -4.03. The maximum Gasteiger partial charge on any atom is 0.345 e. The molecule has 1 amide bonds. The summed E-state index contributed by atoms with van der Waals surface area (Å²) in [5.41, 5.74) is 2.93. The third kappa shape index (κ3) is 7.24. The highest BCUT2D eigenvalue weighted by atomic mass is 35.5. The number of carboxylic acid groups (broad SMARTS) is 1. The van der Waals surface area contributed by atoms with E-state index in [1.807, 2.05) is 48.6 Å². The summed E-state index contributed by atoms with van der Waals surface area (Å²) in [6.45, 7) is 0.561. The maximum atomic E-state index is 12.7. The van der Waals surface area contributed by atoms with Gasteiger partial charge in [-0.05, 0) is 47.4 Å². The van der Waals surface area contributed by atoms with Gasteiger partial charge in [0.1, 0.15) is 23.0 Å². The summed E-state index contributed by atoms with van der Waals surface area (Å²) in [6, 6.07) is 25.9. The first-order chi connectivity index (χ1) is 17.9. The number of hydrogen-bond acceptors (Lipinski definition) is 4. The molecular formula is C30H28ClNO5. The van der Waals surface area contributed by atoms with Crippen molar-refractivity contribution in [2.75, 3.05) is 13.2 Å². The van der Waals surface area contributed by atoms with Crippen molar-refractivity contribution in [2.45, 2.75) is 23.8 Å². The summed E-state index contributed by atoms with van der Waals surface area (Å²) in [5.74, 6) is -0.183. The van der Waals surface area contributed by atoms with Gasteiger partial charge < -0.3 is 19.9 Å². The van der Waals surface area contributed by atoms with Crippen LogP contribution in [-0.2, 0) is 16.0 Å². The van der Waals surface area contributed by atoms with Gasteiger partial charge in [0.2, 0.25) is 5.91 Å². The highest BCUT2D eigenvalue weighted by Gasteiger charge is 2.34. The largest absolute Gasteiger partial charge is 0.492 e. The van der Waals surface area contributed by atoms with Gasteiger partial charge in [0.25, 0.3) is 0 Å². The van der Waals surface area contributed by atoms with Crippen molar-refractivity contribution in [1.29, 1.82) is 0 Å². The lowest BCUT2D eigenvalue weighted by molar-refractivity contribution is -0.145. The average Bonchev–Trinajstić information content (AvgIpc) is 2.93. The minimum absolute atomic E-state index is 0.215. The zero-order valence-electron chi connectivity index (χ0n) is 20.2. The van der Waals surface area contributed by atoms with Gasteiger partial charge in [-0.25, -0.2) is 4.79 Å². The van der Waals surface area contributed by atoms with Gasteiger partial charge >= 0.3 is 5.97 Å². The number of halogens is 1. The monoisotopic (exact) mass is 517 g/mol. The van der Waals surface area contributed by atoms with Crippen molar-refractivity contribution in [3.8, 4) is 11.5 Å². The lowest BCUT2D eigenvalue weighted by Gasteiger charge is -2.24. The number of ether oxygens (including phenoxy) is 2. The maximum absolute atomic E-state index is 12.7. The molecule has 0 radical (unpaired) electrons. The zero-order valence-corrected chi connectivity index (χ0v) is 20.9. The molecule has 190 valence electrons. The molecule has 2 atom stereocenters. The number of para-hydroxylation sites is 1. The summed E-state index contributed by atoms with van der Waals surface area (Å²) in [4.78, 5) is 23.2. The molecule has 2 N–H and O–H groups in total. The van der Waals surface area contributed by atoms with Crippen LogP contribution in [0.3, 0.4) is 0 Å². The van der Waals surface area contributed by atoms with Gasteiger partial charge in [0, 0.05) is 6.42 Å². The van der Waals surface area contributed by atoms with Gasteiger partial charge in [-0.2, -0.15) is 0 Å². The Balaban J connectivity index is 1.21. The van der Waals surface area contributed by atoms with Crippen LogP contribution in [0.2, 0.25) is 0 Å². The molecule has 3 aromatic carbocycles. The van der Waals surface area contributed by atoms with E-state index in [9.17, 15) is 14.7 Å². The molecule has 4 rings (SSSR count). The van der Waals surface area contributed by atoms with Gasteiger partial charge in [-0.1, -0.05) is 78.9 Å². The summed E-state index contributed by atoms with van der Waals surface area (Å²) >= 11 is 6.57. The van der Waals surface area contributed by atoms with Crippen LogP contribution in [0.15, 0.2) is 103 Å². The van der Waals surface area contributed by atoms with Crippen LogP contribution in [0.25, 0.3) is 5.57 Å². The molecule has 0 spiro atoms. The van der Waals surface area contributed by atoms with Crippen LogP contribution < -0.4 is 14.8 Å². The van der Waals surface area contributed by atoms with Crippen LogP contribution in [0.1, 0.15) is 17.5 Å². The number of nitrogens with one attached hydrogen (secondary N) is 1. The first-order valence-electron chi connectivity index (χ1n) is 12.0. The average molecular weight is 518 g/mol. The molecule has 3 aromatic rings. The van der Waals surface area contributed by atoms with E-state index in [0.717, 1.165) is 16.7 Å². The Morgan fingerprint density at radius 2 is 1.62 bits per heavy atom. The summed E-state index contributed by atoms with van der Waals surface area (Å²) < 4.78 is 11.3. The molecule has 0 fully saturated rings. The molecule has 0 saturated heterocycles. The van der Waals surface area contributed by atoms with Crippen molar-refractivity contribution in [1.82, 2.24) is 5.32 Å². The van der Waals surface area contributed by atoms with Crippen molar-refractivity contribution >= 4 is 29.1 Å². The molecule has 1 aliphatic rings. The number of carboxylic acids is 1. The predicted molar refractivity (Wildman–Crippen MR) is 144 cm³/mol. The fourth-order valence-corrected chi connectivity index (χ4v) is 4.10. The number of amides is 1. The van der Waals surface area contributed by atoms with Crippen molar-refractivity contribution < 1.29 is 24.2 Å². The Morgan fingerprint density at radius 1 is 0.946 bits per heavy atom. The minimum atomic E-state index is -1.12. The third-order valence-corrected chi connectivity index (χ3v) is 6.38. The molecule has 0 heterocycles. The standard InChI is InChI=1S/C30H28ClNO5/c31-30(17-15-24(16-18-30)23-7-3-1-4-8-23)29(35)32-19-20-36-25-13-11-22(12-14-25)21-27(28(33)34)37-26-9-5-2-6-10-26/h1-17,27H,18-21H2,(H,32,35)(H,33,34). The molecular weight excluding hydrogens is 490 g/mol. The van der Waals surface area contributed by atoms with Crippen molar-refractivity contribution in [3.05, 3.63) is 114 Å². The number of rotatable bonds is 11. The molecule has 7 heteroatoms. The van der Waals surface area contributed by atoms with Gasteiger partial charge in [0.05, 0.1) is 6.54 Å². The van der Waals surface area contributed by atoms with E-state index >= 15 is 0 Å². The number of hydrogen-bond donors (Lipinski definition) is 2. The number of aliphatic carboxylic acids is 1. The predicted octanol–water partition coefficient (Wildman–Crippen LogP) is 5.28. The summed E-state index contributed by atoms with van der Waals surface area (Å²) in [5, 5.41) is 12.3. The van der Waals surface area contributed by atoms with Crippen molar-refractivity contribution in [3.63, 3.8) is 0 Å². The molecule has 0 bridgehead atoms. The Morgan fingerprint density at radius 3 is 2.24 bits per heavy atom. The lowest BCUT2D eigenvalue weighted by atomic mass is 9.92. The number of carbonyl (C=O) groups excluding carboxylic acids is 1. The van der Waals surface area contributed by atoms with Gasteiger partial charge in [-0.15, -0.1) is 11.6 Å². The molecule has 0 aliphatic heterocycles. The summed E-state index contributed by atoms with van der Waals surface area (Å²) in [7, 11) is 0. The first kappa shape index (κ1) is 26.0. The molecule has 1 aliphatic carbocycles. The normalized spacial score (nSPS) is 17.4. The number of alkyl halides is 1. The summed E-state index contributed by atoms with van der Waals surface area (Å²) in [6.07, 6.45) is 5.20. The van der Waals surface area contributed by atoms with Crippen LogP contribution >= 0.6 is 11.6 Å². The molecule has 0 saturated carbocycles. The fraction of sp³-hybridized carbons (Fsp3) is 0.200. The highest BCUT2D eigenvalue weighted by molar-refractivity contribution is 6.36. The van der Waals surface area contributed by atoms with E-state index in [-0.39, 0.29) is 18.9 Å². The zero-order chi connectivity index (χ0) is 26.1. The fourth-order valence-electron chi connectivity index (χ4n) is 3.89. The minimum Gasteiger partial charge on any atom is -0.492 e. The SMILES string of the molecule is O=C(O)C(Cc1ccc(OCCNC(=O)C2(Cl)C=CC(c3ccccc3)=CC2)cc1)Oc1ccccc1. The van der Waals surface area contributed by atoms with E-state index in [1.165, 1.54) is 0 Å². The number of benzene rings is 3. The van der Waals surface area contributed by atoms with Crippen LogP contribution in [0, 0.1) is 0 Å². The number of allylic oxidation sites excluding steroid dienone is 3. The van der Waals surface area contributed by atoms with E-state index in [4.69, 9.17) is 21.1 Å². The molecule has 6 nitrogen and oxygen atoms in total. The molecule has 2 unspecified atom stereocenters. The van der Waals surface area contributed by atoms with Crippen LogP contribution in [0.4, 0.5) is 0 Å². The van der Waals surface area contributed by atoms with Crippen molar-refractivity contribution in [2.24, 2.45) is 0 Å². The van der Waals surface area contributed by atoms with E-state index in [0.29, 0.717) is 24.5 Å². The van der Waals surface area contributed by atoms with Gasteiger partial charge in [-0.3, -0.25) is 4.79 Å².